The second-order valence-corrected chi connectivity index (χ2v) is 4.44. The summed E-state index contributed by atoms with van der Waals surface area (Å²) in [6.07, 6.45) is 3.14. The lowest BCUT2D eigenvalue weighted by Crippen LogP contribution is -2.38. The van der Waals surface area contributed by atoms with Gasteiger partial charge in [0.05, 0.1) is 6.10 Å². The van der Waals surface area contributed by atoms with Gasteiger partial charge in [0.1, 0.15) is 5.60 Å². The molecule has 3 nitrogen and oxygen atoms in total. The van der Waals surface area contributed by atoms with Gasteiger partial charge in [0.15, 0.2) is 5.60 Å². The van der Waals surface area contributed by atoms with Crippen molar-refractivity contribution in [1.29, 1.82) is 0 Å². The number of carbonyl (C=O) groups is 1. The van der Waals surface area contributed by atoms with E-state index in [4.69, 9.17) is 9.47 Å². The summed E-state index contributed by atoms with van der Waals surface area (Å²) in [6.45, 7) is 5.56. The lowest BCUT2D eigenvalue weighted by atomic mass is 9.76. The van der Waals surface area contributed by atoms with Crippen LogP contribution in [0.1, 0.15) is 40.0 Å². The Morgan fingerprint density at radius 3 is 2.38 bits per heavy atom. The molecule has 0 bridgehead atoms. The molecule has 1 unspecified atom stereocenters. The third kappa shape index (κ3) is 1.10. The first-order valence-corrected chi connectivity index (χ1v) is 4.91. The van der Waals surface area contributed by atoms with E-state index in [1.54, 1.807) is 0 Å². The molecule has 1 aliphatic heterocycles. The van der Waals surface area contributed by atoms with Crippen LogP contribution >= 0.6 is 0 Å². The fourth-order valence-corrected chi connectivity index (χ4v) is 2.00. The predicted molar refractivity (Wildman–Crippen MR) is 47.3 cm³/mol. The van der Waals surface area contributed by atoms with E-state index in [9.17, 15) is 4.79 Å². The molecule has 1 aliphatic carbocycles. The first-order chi connectivity index (χ1) is 6.00. The van der Waals surface area contributed by atoms with Crippen LogP contribution in [0, 0.1) is 0 Å². The lowest BCUT2D eigenvalue weighted by molar-refractivity contribution is -0.153. The van der Waals surface area contributed by atoms with Gasteiger partial charge >= 0.3 is 5.97 Å². The summed E-state index contributed by atoms with van der Waals surface area (Å²) in [4.78, 5) is 11.6. The number of hydrogen-bond acceptors (Lipinski definition) is 3. The highest BCUT2D eigenvalue weighted by atomic mass is 16.7. The molecule has 0 aromatic heterocycles. The average Bonchev–Trinajstić information content (AvgIpc) is 2.56. The summed E-state index contributed by atoms with van der Waals surface area (Å²) in [6, 6.07) is 0. The number of carbonyl (C=O) groups excluding carboxylic acids is 1. The zero-order valence-electron chi connectivity index (χ0n) is 8.42. The first kappa shape index (κ1) is 9.00. The molecule has 0 aromatic rings. The van der Waals surface area contributed by atoms with E-state index in [2.05, 4.69) is 0 Å². The highest BCUT2D eigenvalue weighted by molar-refractivity contribution is 5.84. The number of esters is 1. The zero-order valence-corrected chi connectivity index (χ0v) is 8.42. The molecule has 0 amide bonds. The van der Waals surface area contributed by atoms with Gasteiger partial charge in [0.25, 0.3) is 0 Å². The second kappa shape index (κ2) is 2.47. The van der Waals surface area contributed by atoms with E-state index in [1.165, 1.54) is 6.42 Å². The quantitative estimate of drug-likeness (QED) is 0.484. The van der Waals surface area contributed by atoms with Crippen molar-refractivity contribution in [2.24, 2.45) is 0 Å². The molecular weight excluding hydrogens is 168 g/mol. The molecule has 2 rings (SSSR count). The van der Waals surface area contributed by atoms with Crippen LogP contribution in [0.2, 0.25) is 0 Å². The summed E-state index contributed by atoms with van der Waals surface area (Å²) in [5.41, 5.74) is -0.769. The van der Waals surface area contributed by atoms with Crippen LogP contribution in [-0.4, -0.2) is 23.3 Å². The summed E-state index contributed by atoms with van der Waals surface area (Å²) in [5.74, 6) is -0.192. The molecule has 13 heavy (non-hydrogen) atoms. The fraction of sp³-hybridized carbons (Fsp3) is 0.900. The van der Waals surface area contributed by atoms with E-state index in [0.29, 0.717) is 0 Å². The molecule has 2 fully saturated rings. The maximum Gasteiger partial charge on any atom is 0.341 e. The van der Waals surface area contributed by atoms with Gasteiger partial charge in [-0.25, -0.2) is 4.79 Å². The number of ether oxygens (including phenoxy) is 2. The van der Waals surface area contributed by atoms with Crippen molar-refractivity contribution in [2.75, 3.05) is 0 Å². The molecule has 1 atom stereocenters. The monoisotopic (exact) mass is 184 g/mol. The van der Waals surface area contributed by atoms with Gasteiger partial charge in [0, 0.05) is 0 Å². The van der Waals surface area contributed by atoms with E-state index < -0.39 is 5.60 Å². The van der Waals surface area contributed by atoms with Crippen LogP contribution in [0.5, 0.6) is 0 Å². The van der Waals surface area contributed by atoms with Crippen LogP contribution in [0.25, 0.3) is 0 Å². The van der Waals surface area contributed by atoms with Crippen molar-refractivity contribution in [3.05, 3.63) is 0 Å². The molecule has 3 heteroatoms. The van der Waals surface area contributed by atoms with Crippen molar-refractivity contribution in [2.45, 2.75) is 57.3 Å². The number of hydrogen-bond donors (Lipinski definition) is 0. The third-order valence-electron chi connectivity index (χ3n) is 3.12. The SMILES string of the molecule is CC(C)OC(=O)C1(C)OC12CCC2. The third-order valence-corrected chi connectivity index (χ3v) is 3.12. The summed E-state index contributed by atoms with van der Waals surface area (Å²) >= 11 is 0. The maximum atomic E-state index is 11.6. The molecule has 0 aromatic carbocycles. The van der Waals surface area contributed by atoms with Crippen molar-refractivity contribution < 1.29 is 14.3 Å². The van der Waals surface area contributed by atoms with Crippen LogP contribution in [0.3, 0.4) is 0 Å². The average molecular weight is 184 g/mol. The normalized spacial score (nSPS) is 34.5. The number of rotatable bonds is 2. The van der Waals surface area contributed by atoms with E-state index in [1.807, 2.05) is 20.8 Å². The van der Waals surface area contributed by atoms with Crippen molar-refractivity contribution in [1.82, 2.24) is 0 Å². The Morgan fingerprint density at radius 1 is 1.46 bits per heavy atom. The minimum atomic E-state index is -0.629. The summed E-state index contributed by atoms with van der Waals surface area (Å²) < 4.78 is 10.7. The van der Waals surface area contributed by atoms with Gasteiger partial charge in [-0.2, -0.15) is 0 Å². The Labute approximate surface area is 78.4 Å². The minimum absolute atomic E-state index is 0.0503. The molecular formula is C10H16O3. The zero-order chi connectivity index (χ0) is 9.69. The van der Waals surface area contributed by atoms with E-state index in [-0.39, 0.29) is 17.7 Å². The second-order valence-electron chi connectivity index (χ2n) is 4.44. The molecule has 74 valence electrons. The highest BCUT2D eigenvalue weighted by Crippen LogP contribution is 2.60. The molecule has 0 N–H and O–H groups in total. The molecule has 1 saturated carbocycles. The van der Waals surface area contributed by atoms with Crippen molar-refractivity contribution >= 4 is 5.97 Å². The summed E-state index contributed by atoms with van der Waals surface area (Å²) in [7, 11) is 0. The van der Waals surface area contributed by atoms with Crippen molar-refractivity contribution in [3.8, 4) is 0 Å². The van der Waals surface area contributed by atoms with Gasteiger partial charge in [-0.3, -0.25) is 0 Å². The van der Waals surface area contributed by atoms with Crippen LogP contribution in [0.15, 0.2) is 0 Å². The molecule has 1 spiro atoms. The maximum absolute atomic E-state index is 11.6. The van der Waals surface area contributed by atoms with E-state index >= 15 is 0 Å². The van der Waals surface area contributed by atoms with Crippen LogP contribution in [-0.2, 0) is 14.3 Å². The van der Waals surface area contributed by atoms with Gasteiger partial charge in [-0.15, -0.1) is 0 Å². The Kier molecular flexibility index (Phi) is 1.71. The van der Waals surface area contributed by atoms with Crippen molar-refractivity contribution in [3.63, 3.8) is 0 Å². The van der Waals surface area contributed by atoms with Gasteiger partial charge in [-0.05, 0) is 40.0 Å². The molecule has 0 radical (unpaired) electrons. The van der Waals surface area contributed by atoms with Gasteiger partial charge in [-0.1, -0.05) is 0 Å². The fourth-order valence-electron chi connectivity index (χ4n) is 2.00. The predicted octanol–water partition coefficient (Wildman–Crippen LogP) is 1.65. The smallest absolute Gasteiger partial charge is 0.341 e. The topological polar surface area (TPSA) is 38.8 Å². The Hall–Kier alpha value is -0.570. The van der Waals surface area contributed by atoms with Crippen LogP contribution < -0.4 is 0 Å². The molecule has 2 aliphatic rings. The Balaban J connectivity index is 1.98. The minimum Gasteiger partial charge on any atom is -0.461 e. The summed E-state index contributed by atoms with van der Waals surface area (Å²) in [5, 5.41) is 0. The van der Waals surface area contributed by atoms with Gasteiger partial charge in [0.2, 0.25) is 0 Å². The Morgan fingerprint density at radius 2 is 2.08 bits per heavy atom. The lowest BCUT2D eigenvalue weighted by Gasteiger charge is -2.24. The number of epoxide rings is 1. The highest BCUT2D eigenvalue weighted by Gasteiger charge is 2.74. The van der Waals surface area contributed by atoms with Crippen LogP contribution in [0.4, 0.5) is 0 Å². The largest absolute Gasteiger partial charge is 0.461 e. The van der Waals surface area contributed by atoms with E-state index in [0.717, 1.165) is 12.8 Å². The molecule has 1 saturated heterocycles. The molecule has 1 heterocycles. The van der Waals surface area contributed by atoms with Gasteiger partial charge < -0.3 is 9.47 Å². The first-order valence-electron chi connectivity index (χ1n) is 4.91. The Bertz CT molecular complexity index is 243. The standard InChI is InChI=1S/C10H16O3/c1-7(2)12-8(11)9(3)10(13-9)5-4-6-10/h7H,4-6H2,1-3H3.